The van der Waals surface area contributed by atoms with E-state index in [1.54, 1.807) is 48.6 Å². The van der Waals surface area contributed by atoms with Gasteiger partial charge in [0, 0.05) is 6.07 Å². The van der Waals surface area contributed by atoms with Crippen molar-refractivity contribution in [1.29, 1.82) is 0 Å². The lowest BCUT2D eigenvalue weighted by atomic mass is 10.2. The maximum atomic E-state index is 14.3. The lowest BCUT2D eigenvalue weighted by molar-refractivity contribution is 0.0729. The summed E-state index contributed by atoms with van der Waals surface area (Å²) >= 11 is 0. The summed E-state index contributed by atoms with van der Waals surface area (Å²) in [6.07, 6.45) is 3.40. The third kappa shape index (κ3) is 5.32. The predicted octanol–water partition coefficient (Wildman–Crippen LogP) is 5.75. The van der Waals surface area contributed by atoms with Gasteiger partial charge in [0.2, 0.25) is 6.79 Å². The van der Waals surface area contributed by atoms with Gasteiger partial charge >= 0.3 is 5.97 Å². The molecule has 0 unspecified atom stereocenters. The highest BCUT2D eigenvalue weighted by molar-refractivity contribution is 5.91. The smallest absolute Gasteiger partial charge is 0.346 e. The topological polar surface area (TPSA) is 44.8 Å². The average Bonchev–Trinajstić information content (AvgIpc) is 2.75. The predicted molar refractivity (Wildman–Crippen MR) is 111 cm³/mol. The molecule has 29 heavy (non-hydrogen) atoms. The van der Waals surface area contributed by atoms with Crippen molar-refractivity contribution in [3.63, 3.8) is 0 Å². The molecule has 0 fully saturated rings. The van der Waals surface area contributed by atoms with Crippen molar-refractivity contribution in [1.82, 2.24) is 0 Å². The average molecular weight is 390 g/mol. The Bertz CT molecular complexity index is 1010. The molecule has 5 heteroatoms. The zero-order valence-corrected chi connectivity index (χ0v) is 15.6. The van der Waals surface area contributed by atoms with Gasteiger partial charge < -0.3 is 14.2 Å². The van der Waals surface area contributed by atoms with Crippen LogP contribution in [0, 0.1) is 5.82 Å². The van der Waals surface area contributed by atoms with E-state index in [1.165, 1.54) is 12.1 Å². The summed E-state index contributed by atoms with van der Waals surface area (Å²) in [5.41, 5.74) is 1.67. The van der Waals surface area contributed by atoms with Crippen molar-refractivity contribution in [3.8, 4) is 17.2 Å². The zero-order valence-electron chi connectivity index (χ0n) is 15.6. The van der Waals surface area contributed by atoms with E-state index in [1.807, 2.05) is 12.1 Å². The quantitative estimate of drug-likeness (QED) is 0.279. The molecule has 4 nitrogen and oxygen atoms in total. The summed E-state index contributed by atoms with van der Waals surface area (Å²) in [6, 6.07) is 17.9. The van der Waals surface area contributed by atoms with Crippen molar-refractivity contribution >= 4 is 18.1 Å². The van der Waals surface area contributed by atoms with Crippen LogP contribution in [-0.4, -0.2) is 12.8 Å². The molecule has 0 radical (unpaired) electrons. The molecule has 0 bridgehead atoms. The third-order valence-electron chi connectivity index (χ3n) is 4.05. The SMILES string of the molecule is C=Cc1ccc(OCOc2ccc(C(=O)Oc3ccc(C=C)cc3)c(F)c2)cc1. The van der Waals surface area contributed by atoms with Crippen LogP contribution in [0.1, 0.15) is 21.5 Å². The van der Waals surface area contributed by atoms with E-state index in [0.717, 1.165) is 17.2 Å². The number of halogens is 1. The number of hydrogen-bond donors (Lipinski definition) is 0. The standard InChI is InChI=1S/C24H19FO4/c1-3-17-5-9-19(10-6-17)27-16-28-21-13-14-22(23(25)15-21)24(26)29-20-11-7-18(4-2)8-12-20/h3-15H,1-2,16H2. The highest BCUT2D eigenvalue weighted by Crippen LogP contribution is 2.20. The molecule has 3 rings (SSSR count). The van der Waals surface area contributed by atoms with Gasteiger partial charge in [-0.2, -0.15) is 0 Å². The molecule has 0 saturated carbocycles. The summed E-state index contributed by atoms with van der Waals surface area (Å²) in [7, 11) is 0. The van der Waals surface area contributed by atoms with Gasteiger partial charge in [0.25, 0.3) is 0 Å². The number of esters is 1. The molecule has 0 N–H and O–H groups in total. The second kappa shape index (κ2) is 9.37. The van der Waals surface area contributed by atoms with Crippen LogP contribution >= 0.6 is 0 Å². The van der Waals surface area contributed by atoms with Gasteiger partial charge in [-0.1, -0.05) is 49.6 Å². The van der Waals surface area contributed by atoms with Gasteiger partial charge in [-0.05, 0) is 47.5 Å². The lowest BCUT2D eigenvalue weighted by Gasteiger charge is -2.10. The van der Waals surface area contributed by atoms with E-state index in [-0.39, 0.29) is 18.1 Å². The molecule has 0 amide bonds. The third-order valence-corrected chi connectivity index (χ3v) is 4.05. The molecule has 0 atom stereocenters. The molecule has 0 aliphatic heterocycles. The summed E-state index contributed by atoms with van der Waals surface area (Å²) in [4.78, 5) is 12.2. The van der Waals surface area contributed by atoms with Gasteiger partial charge in [0.05, 0.1) is 5.56 Å². The van der Waals surface area contributed by atoms with E-state index >= 15 is 0 Å². The normalized spacial score (nSPS) is 10.1. The van der Waals surface area contributed by atoms with Crippen LogP contribution in [0.15, 0.2) is 79.9 Å². The Hall–Kier alpha value is -3.86. The molecular formula is C24H19FO4. The van der Waals surface area contributed by atoms with Crippen molar-refractivity contribution in [2.45, 2.75) is 0 Å². The first-order chi connectivity index (χ1) is 14.1. The number of carbonyl (C=O) groups is 1. The molecule has 0 aromatic heterocycles. The van der Waals surface area contributed by atoms with E-state index in [4.69, 9.17) is 14.2 Å². The Morgan fingerprint density at radius 2 is 1.31 bits per heavy atom. The number of ether oxygens (including phenoxy) is 3. The van der Waals surface area contributed by atoms with Crippen LogP contribution in [0.5, 0.6) is 17.2 Å². The van der Waals surface area contributed by atoms with Crippen molar-refractivity contribution < 1.29 is 23.4 Å². The van der Waals surface area contributed by atoms with Gasteiger partial charge in [-0.15, -0.1) is 0 Å². The molecule has 146 valence electrons. The fraction of sp³-hybridized carbons (Fsp3) is 0.0417. The van der Waals surface area contributed by atoms with Gasteiger partial charge in [0.1, 0.15) is 23.1 Å². The Kier molecular flexibility index (Phi) is 6.43. The van der Waals surface area contributed by atoms with Gasteiger partial charge in [-0.25, -0.2) is 9.18 Å². The second-order valence-electron chi connectivity index (χ2n) is 5.98. The van der Waals surface area contributed by atoms with Crippen LogP contribution in [0.2, 0.25) is 0 Å². The van der Waals surface area contributed by atoms with Crippen molar-refractivity contribution in [2.24, 2.45) is 0 Å². The monoisotopic (exact) mass is 390 g/mol. The van der Waals surface area contributed by atoms with E-state index in [0.29, 0.717) is 11.5 Å². The highest BCUT2D eigenvalue weighted by Gasteiger charge is 2.15. The van der Waals surface area contributed by atoms with Gasteiger partial charge in [-0.3, -0.25) is 0 Å². The van der Waals surface area contributed by atoms with E-state index in [9.17, 15) is 9.18 Å². The molecule has 0 aliphatic carbocycles. The Balaban J connectivity index is 1.57. The summed E-state index contributed by atoms with van der Waals surface area (Å²) in [6.45, 7) is 7.23. The first kappa shape index (κ1) is 19.9. The summed E-state index contributed by atoms with van der Waals surface area (Å²) < 4.78 is 30.3. The fourth-order valence-corrected chi connectivity index (χ4v) is 2.45. The molecule has 3 aromatic carbocycles. The molecule has 0 saturated heterocycles. The number of hydrogen-bond acceptors (Lipinski definition) is 4. The maximum Gasteiger partial charge on any atom is 0.346 e. The van der Waals surface area contributed by atoms with Crippen molar-refractivity contribution in [2.75, 3.05) is 6.79 Å². The maximum absolute atomic E-state index is 14.3. The highest BCUT2D eigenvalue weighted by atomic mass is 19.1. The van der Waals surface area contributed by atoms with E-state index < -0.39 is 11.8 Å². The first-order valence-electron chi connectivity index (χ1n) is 8.81. The van der Waals surface area contributed by atoms with Crippen molar-refractivity contribution in [3.05, 3.63) is 102 Å². The molecule has 0 aliphatic rings. The minimum absolute atomic E-state index is 0.105. The number of rotatable bonds is 8. The second-order valence-corrected chi connectivity index (χ2v) is 5.98. The summed E-state index contributed by atoms with van der Waals surface area (Å²) in [5, 5.41) is 0. The van der Waals surface area contributed by atoms with Crippen LogP contribution in [-0.2, 0) is 0 Å². The number of benzene rings is 3. The molecule has 0 spiro atoms. The zero-order chi connectivity index (χ0) is 20.6. The Labute approximate surface area is 168 Å². The molecule has 0 heterocycles. The van der Waals surface area contributed by atoms with Gasteiger partial charge in [0.15, 0.2) is 0 Å². The molecular weight excluding hydrogens is 371 g/mol. The van der Waals surface area contributed by atoms with Crippen LogP contribution in [0.4, 0.5) is 4.39 Å². The first-order valence-corrected chi connectivity index (χ1v) is 8.81. The lowest BCUT2D eigenvalue weighted by Crippen LogP contribution is -2.11. The van der Waals surface area contributed by atoms with Crippen LogP contribution in [0.25, 0.3) is 12.2 Å². The van der Waals surface area contributed by atoms with E-state index in [2.05, 4.69) is 13.2 Å². The minimum Gasteiger partial charge on any atom is -0.458 e. The number of carbonyl (C=O) groups excluding carboxylic acids is 1. The Morgan fingerprint density at radius 1 is 0.793 bits per heavy atom. The minimum atomic E-state index is -0.793. The summed E-state index contributed by atoms with van der Waals surface area (Å²) in [5.74, 6) is -0.378. The largest absolute Gasteiger partial charge is 0.458 e. The van der Waals surface area contributed by atoms with Crippen LogP contribution < -0.4 is 14.2 Å². The molecule has 3 aromatic rings. The fourth-order valence-electron chi connectivity index (χ4n) is 2.45. The van der Waals surface area contributed by atoms with Crippen LogP contribution in [0.3, 0.4) is 0 Å². The Morgan fingerprint density at radius 3 is 1.86 bits per heavy atom.